The minimum atomic E-state index is -0.981. The number of amides is 1. The number of nitrogens with zero attached hydrogens (tertiary/aromatic N) is 1. The lowest BCUT2D eigenvalue weighted by atomic mass is 9.95. The Morgan fingerprint density at radius 1 is 1.24 bits per heavy atom. The van der Waals surface area contributed by atoms with Crippen LogP contribution in [0.3, 0.4) is 0 Å². The first-order valence-electron chi connectivity index (χ1n) is 7.92. The summed E-state index contributed by atoms with van der Waals surface area (Å²) in [4.78, 5) is 25.1. The van der Waals surface area contributed by atoms with Crippen LogP contribution in [0.15, 0.2) is 42.5 Å². The van der Waals surface area contributed by atoms with Crippen LogP contribution in [0.5, 0.6) is 5.75 Å². The molecule has 0 spiro atoms. The van der Waals surface area contributed by atoms with Crippen molar-refractivity contribution in [2.75, 3.05) is 13.7 Å². The van der Waals surface area contributed by atoms with E-state index in [1.807, 2.05) is 0 Å². The third kappa shape index (κ3) is 3.79. The van der Waals surface area contributed by atoms with E-state index in [-0.39, 0.29) is 29.8 Å². The first-order chi connectivity index (χ1) is 11.9. The van der Waals surface area contributed by atoms with Crippen molar-refractivity contribution in [3.05, 3.63) is 65.0 Å². The zero-order chi connectivity index (χ0) is 18.0. The first kappa shape index (κ1) is 17.0. The quantitative estimate of drug-likeness (QED) is 0.927. The SMILES string of the molecule is CN(Cc1ccc(C(=O)O)cc1)C(=O)C1COc2cc(F)ccc2C1. The lowest BCUT2D eigenvalue weighted by Gasteiger charge is -2.28. The normalized spacial score (nSPS) is 15.8. The second-order valence-electron chi connectivity index (χ2n) is 6.16. The topological polar surface area (TPSA) is 66.8 Å². The van der Waals surface area contributed by atoms with Gasteiger partial charge in [-0.2, -0.15) is 0 Å². The number of fused-ring (bicyclic) bond motifs is 1. The molecule has 1 unspecified atom stereocenters. The predicted octanol–water partition coefficient (Wildman–Crippen LogP) is 2.73. The molecule has 2 aromatic carbocycles. The maximum atomic E-state index is 13.2. The Morgan fingerprint density at radius 3 is 2.64 bits per heavy atom. The summed E-state index contributed by atoms with van der Waals surface area (Å²) in [5, 5.41) is 8.91. The van der Waals surface area contributed by atoms with E-state index in [2.05, 4.69) is 0 Å². The molecule has 3 rings (SSSR count). The Bertz CT molecular complexity index is 804. The molecule has 1 N–H and O–H groups in total. The van der Waals surface area contributed by atoms with Gasteiger partial charge in [0.15, 0.2) is 0 Å². The molecule has 0 saturated carbocycles. The van der Waals surface area contributed by atoms with Gasteiger partial charge in [-0.3, -0.25) is 4.79 Å². The van der Waals surface area contributed by atoms with Crippen molar-refractivity contribution in [1.82, 2.24) is 4.90 Å². The Morgan fingerprint density at radius 2 is 1.96 bits per heavy atom. The summed E-state index contributed by atoms with van der Waals surface area (Å²) in [6.07, 6.45) is 0.511. The van der Waals surface area contributed by atoms with Crippen LogP contribution in [0.2, 0.25) is 0 Å². The fraction of sp³-hybridized carbons (Fsp3) is 0.263. The van der Waals surface area contributed by atoms with Crippen LogP contribution in [0, 0.1) is 11.7 Å². The van der Waals surface area contributed by atoms with Gasteiger partial charge in [-0.1, -0.05) is 18.2 Å². The molecule has 0 aromatic heterocycles. The molecule has 2 aromatic rings. The first-order valence-corrected chi connectivity index (χ1v) is 7.92. The highest BCUT2D eigenvalue weighted by Gasteiger charge is 2.28. The van der Waals surface area contributed by atoms with Crippen molar-refractivity contribution >= 4 is 11.9 Å². The van der Waals surface area contributed by atoms with Crippen molar-refractivity contribution in [2.45, 2.75) is 13.0 Å². The fourth-order valence-corrected chi connectivity index (χ4v) is 2.92. The number of carboxylic acid groups (broad SMARTS) is 1. The van der Waals surface area contributed by atoms with Gasteiger partial charge in [0.05, 0.1) is 11.5 Å². The van der Waals surface area contributed by atoms with Crippen LogP contribution in [0.1, 0.15) is 21.5 Å². The maximum absolute atomic E-state index is 13.2. The second kappa shape index (κ2) is 6.93. The van der Waals surface area contributed by atoms with Crippen molar-refractivity contribution in [3.8, 4) is 5.75 Å². The lowest BCUT2D eigenvalue weighted by molar-refractivity contribution is -0.136. The number of rotatable bonds is 4. The second-order valence-corrected chi connectivity index (χ2v) is 6.16. The number of hydrogen-bond acceptors (Lipinski definition) is 3. The molecule has 0 saturated heterocycles. The van der Waals surface area contributed by atoms with Crippen molar-refractivity contribution in [2.24, 2.45) is 5.92 Å². The van der Waals surface area contributed by atoms with E-state index in [9.17, 15) is 14.0 Å². The van der Waals surface area contributed by atoms with Gasteiger partial charge in [0.2, 0.25) is 5.91 Å². The van der Waals surface area contributed by atoms with Crippen LogP contribution >= 0.6 is 0 Å². The molecule has 130 valence electrons. The number of ether oxygens (including phenoxy) is 1. The average Bonchev–Trinajstić information content (AvgIpc) is 2.61. The number of hydrogen-bond donors (Lipinski definition) is 1. The summed E-state index contributed by atoms with van der Waals surface area (Å²) in [6.45, 7) is 0.600. The van der Waals surface area contributed by atoms with Crippen molar-refractivity contribution in [1.29, 1.82) is 0 Å². The van der Waals surface area contributed by atoms with Gasteiger partial charge in [0.25, 0.3) is 0 Å². The van der Waals surface area contributed by atoms with E-state index < -0.39 is 5.97 Å². The molecular weight excluding hydrogens is 325 g/mol. The Kier molecular flexibility index (Phi) is 4.70. The molecule has 0 fully saturated rings. The Hall–Kier alpha value is -2.89. The highest BCUT2D eigenvalue weighted by Crippen LogP contribution is 2.29. The Balaban J connectivity index is 1.64. The molecule has 0 aliphatic carbocycles. The minimum Gasteiger partial charge on any atom is -0.492 e. The van der Waals surface area contributed by atoms with Crippen molar-refractivity contribution in [3.63, 3.8) is 0 Å². The number of carbonyl (C=O) groups excluding carboxylic acids is 1. The molecule has 5 nitrogen and oxygen atoms in total. The number of halogens is 1. The summed E-state index contributed by atoms with van der Waals surface area (Å²) in [6, 6.07) is 10.8. The van der Waals surface area contributed by atoms with Gasteiger partial charge in [0, 0.05) is 19.7 Å². The lowest BCUT2D eigenvalue weighted by Crippen LogP contribution is -2.38. The highest BCUT2D eigenvalue weighted by molar-refractivity contribution is 5.87. The van der Waals surface area contributed by atoms with E-state index in [0.29, 0.717) is 18.7 Å². The van der Waals surface area contributed by atoms with E-state index in [4.69, 9.17) is 9.84 Å². The number of aromatic carboxylic acids is 1. The third-order valence-electron chi connectivity index (χ3n) is 4.28. The predicted molar refractivity (Wildman–Crippen MR) is 89.0 cm³/mol. The zero-order valence-electron chi connectivity index (χ0n) is 13.7. The number of carbonyl (C=O) groups is 2. The van der Waals surface area contributed by atoms with Gasteiger partial charge in [-0.15, -0.1) is 0 Å². The van der Waals surface area contributed by atoms with Crippen LogP contribution in [-0.4, -0.2) is 35.5 Å². The molecule has 0 bridgehead atoms. The number of carboxylic acids is 1. The molecule has 25 heavy (non-hydrogen) atoms. The van der Waals surface area contributed by atoms with Crippen LogP contribution < -0.4 is 4.74 Å². The van der Waals surface area contributed by atoms with Crippen LogP contribution in [0.25, 0.3) is 0 Å². The number of benzene rings is 2. The third-order valence-corrected chi connectivity index (χ3v) is 4.28. The fourth-order valence-electron chi connectivity index (χ4n) is 2.92. The minimum absolute atomic E-state index is 0.0581. The smallest absolute Gasteiger partial charge is 0.335 e. The molecule has 1 heterocycles. The monoisotopic (exact) mass is 343 g/mol. The van der Waals surface area contributed by atoms with Gasteiger partial charge >= 0.3 is 5.97 Å². The summed E-state index contributed by atoms with van der Waals surface area (Å²) in [5.41, 5.74) is 1.88. The Labute approximate surface area is 144 Å². The van der Waals surface area contributed by atoms with Gasteiger partial charge in [-0.25, -0.2) is 9.18 Å². The summed E-state index contributed by atoms with van der Waals surface area (Å²) in [5.74, 6) is -1.22. The van der Waals surface area contributed by atoms with Gasteiger partial charge < -0.3 is 14.7 Å². The summed E-state index contributed by atoms with van der Waals surface area (Å²) in [7, 11) is 1.70. The highest BCUT2D eigenvalue weighted by atomic mass is 19.1. The zero-order valence-corrected chi connectivity index (χ0v) is 13.7. The van der Waals surface area contributed by atoms with E-state index >= 15 is 0 Å². The van der Waals surface area contributed by atoms with E-state index in [0.717, 1.165) is 11.1 Å². The largest absolute Gasteiger partial charge is 0.492 e. The molecule has 1 amide bonds. The molecule has 0 radical (unpaired) electrons. The molecular formula is C19H18FNO4. The average molecular weight is 343 g/mol. The summed E-state index contributed by atoms with van der Waals surface area (Å²) >= 11 is 0. The molecule has 6 heteroatoms. The van der Waals surface area contributed by atoms with Gasteiger partial charge in [-0.05, 0) is 35.7 Å². The van der Waals surface area contributed by atoms with E-state index in [1.165, 1.54) is 24.3 Å². The summed E-state index contributed by atoms with van der Waals surface area (Å²) < 4.78 is 18.7. The maximum Gasteiger partial charge on any atom is 0.335 e. The van der Waals surface area contributed by atoms with Crippen molar-refractivity contribution < 1.29 is 23.8 Å². The van der Waals surface area contributed by atoms with Crippen LogP contribution in [-0.2, 0) is 17.8 Å². The van der Waals surface area contributed by atoms with Crippen LogP contribution in [0.4, 0.5) is 4.39 Å². The van der Waals surface area contributed by atoms with Gasteiger partial charge in [0.1, 0.15) is 18.2 Å². The molecule has 1 aliphatic rings. The molecule has 1 atom stereocenters. The molecule has 1 aliphatic heterocycles. The standard InChI is InChI=1S/C19H18FNO4/c1-21(10-12-2-4-13(5-3-12)19(23)24)18(22)15-8-14-6-7-16(20)9-17(14)25-11-15/h2-7,9,15H,8,10-11H2,1H3,(H,23,24). The van der Waals surface area contributed by atoms with E-state index in [1.54, 1.807) is 30.1 Å².